The Morgan fingerprint density at radius 1 is 1.36 bits per heavy atom. The Labute approximate surface area is 126 Å². The largest absolute Gasteiger partial charge is 0.477 e. The van der Waals surface area contributed by atoms with Crippen LogP contribution in [0.1, 0.15) is 37.7 Å². The zero-order valence-corrected chi connectivity index (χ0v) is 12.6. The van der Waals surface area contributed by atoms with Gasteiger partial charge in [0.05, 0.1) is 12.8 Å². The Morgan fingerprint density at radius 3 is 2.64 bits per heavy atom. The molecular formula is C15H17FN2O4. The Kier molecular flexibility index (Phi) is 4.16. The third kappa shape index (κ3) is 3.41. The second-order valence-corrected chi connectivity index (χ2v) is 6.16. The van der Waals surface area contributed by atoms with Crippen molar-refractivity contribution in [1.82, 2.24) is 9.55 Å². The van der Waals surface area contributed by atoms with Gasteiger partial charge in [-0.2, -0.15) is 0 Å². The minimum Gasteiger partial charge on any atom is -0.477 e. The van der Waals surface area contributed by atoms with E-state index in [0.29, 0.717) is 6.42 Å². The number of carboxylic acid groups (broad SMARTS) is 1. The standard InChI is InChI=1S/C15H17FN2O4/c1-15(2,3)4-5-22-14(21)18-11(13(19)20)7-9-6-10(16)8-17-12(9)18/h6-8H,4-5H2,1-3H3,(H,19,20). The predicted molar refractivity (Wildman–Crippen MR) is 77.5 cm³/mol. The van der Waals surface area contributed by atoms with Crippen molar-refractivity contribution in [1.29, 1.82) is 0 Å². The second-order valence-electron chi connectivity index (χ2n) is 6.16. The maximum atomic E-state index is 13.2. The molecule has 6 nitrogen and oxygen atoms in total. The molecule has 2 heterocycles. The predicted octanol–water partition coefficient (Wildman–Crippen LogP) is 3.29. The summed E-state index contributed by atoms with van der Waals surface area (Å²) in [4.78, 5) is 27.2. The molecule has 0 aliphatic rings. The Hall–Kier alpha value is -2.44. The molecule has 0 bridgehead atoms. The number of fused-ring (bicyclic) bond motifs is 1. The molecule has 118 valence electrons. The van der Waals surface area contributed by atoms with Crippen molar-refractivity contribution in [2.75, 3.05) is 6.61 Å². The maximum Gasteiger partial charge on any atom is 0.420 e. The molecule has 7 heteroatoms. The van der Waals surface area contributed by atoms with Crippen molar-refractivity contribution >= 4 is 23.1 Å². The summed E-state index contributed by atoms with van der Waals surface area (Å²) >= 11 is 0. The highest BCUT2D eigenvalue weighted by atomic mass is 19.1. The summed E-state index contributed by atoms with van der Waals surface area (Å²) < 4.78 is 19.1. The van der Waals surface area contributed by atoms with Gasteiger partial charge in [-0.05, 0) is 24.0 Å². The lowest BCUT2D eigenvalue weighted by Crippen LogP contribution is -2.21. The number of carboxylic acids is 1. The zero-order chi connectivity index (χ0) is 16.5. The van der Waals surface area contributed by atoms with Crippen LogP contribution in [0.5, 0.6) is 0 Å². The quantitative estimate of drug-likeness (QED) is 0.941. The van der Waals surface area contributed by atoms with Gasteiger partial charge in [0.25, 0.3) is 0 Å². The fourth-order valence-electron chi connectivity index (χ4n) is 1.92. The first kappa shape index (κ1) is 15.9. The molecule has 0 aliphatic heterocycles. The van der Waals surface area contributed by atoms with Gasteiger partial charge in [0.2, 0.25) is 0 Å². The minimum atomic E-state index is -1.31. The van der Waals surface area contributed by atoms with Crippen LogP contribution in [0.2, 0.25) is 0 Å². The highest BCUT2D eigenvalue weighted by Crippen LogP contribution is 2.21. The van der Waals surface area contributed by atoms with Crippen LogP contribution in [0.25, 0.3) is 11.0 Å². The lowest BCUT2D eigenvalue weighted by molar-refractivity contribution is 0.0680. The second kappa shape index (κ2) is 5.75. The fourth-order valence-corrected chi connectivity index (χ4v) is 1.92. The van der Waals surface area contributed by atoms with E-state index in [0.717, 1.165) is 16.8 Å². The van der Waals surface area contributed by atoms with E-state index >= 15 is 0 Å². The van der Waals surface area contributed by atoms with Crippen LogP contribution in [0.3, 0.4) is 0 Å². The number of ether oxygens (including phenoxy) is 1. The van der Waals surface area contributed by atoms with E-state index in [1.807, 2.05) is 20.8 Å². The fraction of sp³-hybridized carbons (Fsp3) is 0.400. The van der Waals surface area contributed by atoms with Crippen molar-refractivity contribution in [2.24, 2.45) is 5.41 Å². The summed E-state index contributed by atoms with van der Waals surface area (Å²) in [7, 11) is 0. The first-order valence-corrected chi connectivity index (χ1v) is 6.76. The summed E-state index contributed by atoms with van der Waals surface area (Å²) in [5.74, 6) is -1.92. The highest BCUT2D eigenvalue weighted by Gasteiger charge is 2.22. The van der Waals surface area contributed by atoms with Gasteiger partial charge in [0, 0.05) is 5.39 Å². The monoisotopic (exact) mass is 308 g/mol. The van der Waals surface area contributed by atoms with E-state index in [9.17, 15) is 19.1 Å². The molecule has 0 aromatic carbocycles. The number of hydrogen-bond donors (Lipinski definition) is 1. The van der Waals surface area contributed by atoms with Crippen molar-refractivity contribution in [3.63, 3.8) is 0 Å². The van der Waals surface area contributed by atoms with Crippen LogP contribution in [0, 0.1) is 11.2 Å². The van der Waals surface area contributed by atoms with E-state index in [1.54, 1.807) is 0 Å². The van der Waals surface area contributed by atoms with E-state index < -0.39 is 17.9 Å². The molecular weight excluding hydrogens is 291 g/mol. The smallest absolute Gasteiger partial charge is 0.420 e. The van der Waals surface area contributed by atoms with Gasteiger partial charge >= 0.3 is 12.1 Å². The molecule has 0 spiro atoms. The van der Waals surface area contributed by atoms with E-state index in [2.05, 4.69) is 4.98 Å². The molecule has 2 aromatic heterocycles. The first-order chi connectivity index (χ1) is 10.2. The molecule has 0 radical (unpaired) electrons. The van der Waals surface area contributed by atoms with Crippen LogP contribution < -0.4 is 0 Å². The van der Waals surface area contributed by atoms with Crippen LogP contribution in [0.15, 0.2) is 18.3 Å². The lowest BCUT2D eigenvalue weighted by Gasteiger charge is -2.17. The average molecular weight is 308 g/mol. The summed E-state index contributed by atoms with van der Waals surface area (Å²) in [5.41, 5.74) is -0.274. The summed E-state index contributed by atoms with van der Waals surface area (Å²) in [5, 5.41) is 9.42. The molecule has 2 rings (SSSR count). The van der Waals surface area contributed by atoms with Gasteiger partial charge in [0.1, 0.15) is 17.2 Å². The lowest BCUT2D eigenvalue weighted by atomic mass is 9.93. The molecule has 1 N–H and O–H groups in total. The molecule has 2 aromatic rings. The van der Waals surface area contributed by atoms with Crippen LogP contribution in [0.4, 0.5) is 9.18 Å². The van der Waals surface area contributed by atoms with Crippen molar-refractivity contribution in [3.05, 3.63) is 29.8 Å². The molecule has 0 aliphatic carbocycles. The SMILES string of the molecule is CC(C)(C)CCOC(=O)n1c(C(=O)O)cc2cc(F)cnc21. The summed E-state index contributed by atoms with van der Waals surface area (Å²) in [6.45, 7) is 6.15. The first-order valence-electron chi connectivity index (χ1n) is 6.76. The number of carbonyl (C=O) groups excluding carboxylic acids is 1. The molecule has 0 saturated carbocycles. The molecule has 22 heavy (non-hydrogen) atoms. The number of nitrogens with zero attached hydrogens (tertiary/aromatic N) is 2. The Bertz CT molecular complexity index is 731. The number of carbonyl (C=O) groups is 2. The van der Waals surface area contributed by atoms with Gasteiger partial charge < -0.3 is 9.84 Å². The van der Waals surface area contributed by atoms with Gasteiger partial charge in [0.15, 0.2) is 0 Å². The van der Waals surface area contributed by atoms with Crippen LogP contribution in [-0.4, -0.2) is 33.3 Å². The number of halogens is 1. The molecule has 0 amide bonds. The van der Waals surface area contributed by atoms with Crippen molar-refractivity contribution in [2.45, 2.75) is 27.2 Å². The Morgan fingerprint density at radius 2 is 2.05 bits per heavy atom. The third-order valence-electron chi connectivity index (χ3n) is 3.09. The van der Waals surface area contributed by atoms with Gasteiger partial charge in [-0.1, -0.05) is 20.8 Å². The topological polar surface area (TPSA) is 81.4 Å². The number of rotatable bonds is 3. The van der Waals surface area contributed by atoms with Gasteiger partial charge in [-0.15, -0.1) is 0 Å². The number of hydrogen-bond acceptors (Lipinski definition) is 4. The third-order valence-corrected chi connectivity index (χ3v) is 3.09. The number of aromatic carboxylic acids is 1. The zero-order valence-electron chi connectivity index (χ0n) is 12.6. The van der Waals surface area contributed by atoms with E-state index in [4.69, 9.17) is 4.74 Å². The van der Waals surface area contributed by atoms with E-state index in [-0.39, 0.29) is 28.7 Å². The van der Waals surface area contributed by atoms with Gasteiger partial charge in [-0.25, -0.2) is 23.5 Å². The normalized spacial score (nSPS) is 11.6. The molecule has 0 atom stereocenters. The summed E-state index contributed by atoms with van der Waals surface area (Å²) in [6, 6.07) is 2.31. The molecule has 0 fully saturated rings. The van der Waals surface area contributed by atoms with Crippen molar-refractivity contribution in [3.8, 4) is 0 Å². The molecule has 0 unspecified atom stereocenters. The van der Waals surface area contributed by atoms with Crippen LogP contribution in [-0.2, 0) is 4.74 Å². The minimum absolute atomic E-state index is 0.0178. The average Bonchev–Trinajstić information content (AvgIpc) is 2.75. The highest BCUT2D eigenvalue weighted by molar-refractivity contribution is 5.99. The maximum absolute atomic E-state index is 13.2. The van der Waals surface area contributed by atoms with E-state index in [1.165, 1.54) is 6.07 Å². The number of pyridine rings is 1. The van der Waals surface area contributed by atoms with Gasteiger partial charge in [-0.3, -0.25) is 0 Å². The van der Waals surface area contributed by atoms with Crippen molar-refractivity contribution < 1.29 is 23.8 Å². The van der Waals surface area contributed by atoms with Crippen LogP contribution >= 0.6 is 0 Å². The molecule has 0 saturated heterocycles. The number of aromatic nitrogens is 2. The Balaban J connectivity index is 2.34. The summed E-state index contributed by atoms with van der Waals surface area (Å²) in [6.07, 6.45) is 0.714.